The van der Waals surface area contributed by atoms with E-state index in [1.165, 1.54) is 12.8 Å². The molecule has 13 atom stereocenters. The zero-order valence-electron chi connectivity index (χ0n) is 31.4. The molecule has 0 radical (unpaired) electrons. The first-order chi connectivity index (χ1) is 24.9. The van der Waals surface area contributed by atoms with Crippen LogP contribution >= 0.6 is 0 Å². The summed E-state index contributed by atoms with van der Waals surface area (Å²) in [5.74, 6) is -0.241. The van der Waals surface area contributed by atoms with Crippen molar-refractivity contribution in [3.05, 3.63) is 23.7 Å². The van der Waals surface area contributed by atoms with E-state index in [-0.39, 0.29) is 30.7 Å². The van der Waals surface area contributed by atoms with Crippen molar-refractivity contribution in [2.24, 2.45) is 39.9 Å². The highest BCUT2D eigenvalue weighted by Gasteiger charge is 2.91. The standard InChI is InChI=1S/C41H58N2O9/c1-23(2)24-10-9-15-39(19-24)32-31(45)33(46)38(4)28(40(32)21-49-30(44)18-29(40)51-39)13-16-37(3)34(50-36(47)35-41(37,38)52-35)26-14-17-48-27(26)12-8-6-5-7-11-25-20-42-22-43-25/h14,17,23-25,28-29,32-35,42-43,46H,5-13,15-16,18-22H2,1-4H3/t24-,25-,28+,29+,32-,33-,34+,35-,37+,38+,39+,40+,41-/m1/s1. The number of hydrogen-bond donors (Lipinski definition) is 3. The number of aryl methyl sites for hydroxylation is 1. The van der Waals surface area contributed by atoms with Gasteiger partial charge in [-0.1, -0.05) is 53.4 Å². The molecule has 11 nitrogen and oxygen atoms in total. The first-order valence-corrected chi connectivity index (χ1v) is 20.4. The molecule has 0 amide bonds. The van der Waals surface area contributed by atoms with Crippen LogP contribution in [0.1, 0.15) is 122 Å². The van der Waals surface area contributed by atoms with E-state index >= 15 is 4.79 Å². The second-order valence-electron chi connectivity index (χ2n) is 18.6. The number of fused-ring (bicyclic) bond motifs is 2. The number of ether oxygens (including phenoxy) is 4. The molecule has 0 unspecified atom stereocenters. The average Bonchev–Trinajstić information content (AvgIpc) is 3.36. The summed E-state index contributed by atoms with van der Waals surface area (Å²) in [6.45, 7) is 10.6. The number of aliphatic hydroxyl groups is 1. The van der Waals surface area contributed by atoms with Crippen LogP contribution < -0.4 is 10.6 Å². The molecule has 5 aliphatic heterocycles. The molecule has 286 valence electrons. The number of hydrogen-bond acceptors (Lipinski definition) is 11. The number of furan rings is 1. The van der Waals surface area contributed by atoms with Crippen LogP contribution in [0.25, 0.3) is 0 Å². The number of carbonyl (C=O) groups excluding carboxylic acids is 3. The number of epoxide rings is 1. The van der Waals surface area contributed by atoms with Crippen LogP contribution in [-0.4, -0.2) is 78.2 Å². The molecule has 8 fully saturated rings. The number of ketones is 1. The fraction of sp³-hybridized carbons (Fsp3) is 0.829. The highest BCUT2D eigenvalue weighted by atomic mass is 16.7. The third kappa shape index (κ3) is 4.64. The third-order valence-electron chi connectivity index (χ3n) is 16.0. The predicted octanol–water partition coefficient (Wildman–Crippen LogP) is 4.93. The second-order valence-corrected chi connectivity index (χ2v) is 18.6. The molecule has 0 bridgehead atoms. The molecule has 1 aromatic rings. The number of rotatable bonds is 9. The number of nitrogens with one attached hydrogen (secondary N) is 2. The maximum absolute atomic E-state index is 15.1. The molecule has 5 saturated heterocycles. The highest BCUT2D eigenvalue weighted by molar-refractivity contribution is 5.92. The first-order valence-electron chi connectivity index (χ1n) is 20.4. The van der Waals surface area contributed by atoms with Gasteiger partial charge in [-0.15, -0.1) is 0 Å². The topological polar surface area (TPSA) is 149 Å². The van der Waals surface area contributed by atoms with E-state index in [1.54, 1.807) is 6.26 Å². The van der Waals surface area contributed by atoms with E-state index in [9.17, 15) is 14.7 Å². The Bertz CT molecular complexity index is 1610. The van der Waals surface area contributed by atoms with Crippen LogP contribution in [-0.2, 0) is 39.8 Å². The lowest BCUT2D eigenvalue weighted by Gasteiger charge is -2.66. The van der Waals surface area contributed by atoms with E-state index in [0.717, 1.165) is 75.9 Å². The lowest BCUT2D eigenvalue weighted by atomic mass is 9.36. The van der Waals surface area contributed by atoms with Gasteiger partial charge in [0.1, 0.15) is 30.2 Å². The van der Waals surface area contributed by atoms with Gasteiger partial charge in [-0.2, -0.15) is 0 Å². The first kappa shape index (κ1) is 35.4. The minimum absolute atomic E-state index is 0.0826. The summed E-state index contributed by atoms with van der Waals surface area (Å²) in [5.41, 5.74) is -3.75. The van der Waals surface area contributed by atoms with Gasteiger partial charge >= 0.3 is 11.9 Å². The summed E-state index contributed by atoms with van der Waals surface area (Å²) >= 11 is 0. The average molecular weight is 723 g/mol. The van der Waals surface area contributed by atoms with Gasteiger partial charge in [0.25, 0.3) is 0 Å². The van der Waals surface area contributed by atoms with Crippen molar-refractivity contribution in [3.8, 4) is 0 Å². The van der Waals surface area contributed by atoms with E-state index in [2.05, 4.69) is 31.4 Å². The van der Waals surface area contributed by atoms with Crippen LogP contribution in [0.5, 0.6) is 0 Å². The molecular weight excluding hydrogens is 664 g/mol. The van der Waals surface area contributed by atoms with Crippen LogP contribution in [0.3, 0.4) is 0 Å². The number of aliphatic hydroxyl groups excluding tert-OH is 1. The molecule has 3 N–H and O–H groups in total. The SMILES string of the molecule is CC(C)[C@@H]1CCC[C@@]2(C1)O[C@H]1CC(=O)OC[C@@]13[C@@H]2C(=O)[C@@H](O)[C@]1(C)[C@@H]3CC[C@@]2(C)[C@H](c3ccoc3CCCCCC[C@@H]3CNCN3)OC(=O)[C@H]3O[C@@]312. The molecule has 3 saturated carbocycles. The highest BCUT2D eigenvalue weighted by Crippen LogP contribution is 2.80. The monoisotopic (exact) mass is 722 g/mol. The normalized spacial score (nSPS) is 47.7. The van der Waals surface area contributed by atoms with Gasteiger partial charge in [-0.25, -0.2) is 4.79 Å². The maximum atomic E-state index is 15.1. The van der Waals surface area contributed by atoms with Crippen LogP contribution in [0.4, 0.5) is 0 Å². The Balaban J connectivity index is 1.03. The van der Waals surface area contributed by atoms with Gasteiger partial charge < -0.3 is 39.1 Å². The van der Waals surface area contributed by atoms with E-state index in [4.69, 9.17) is 23.4 Å². The number of unbranched alkanes of at least 4 members (excludes halogenated alkanes) is 3. The van der Waals surface area contributed by atoms with Crippen LogP contribution in [0, 0.1) is 39.9 Å². The van der Waals surface area contributed by atoms with Gasteiger partial charge in [0.2, 0.25) is 0 Å². The zero-order chi connectivity index (χ0) is 36.3. The summed E-state index contributed by atoms with van der Waals surface area (Å²) in [6, 6.07) is 2.49. The van der Waals surface area contributed by atoms with Crippen molar-refractivity contribution in [1.82, 2.24) is 10.6 Å². The molecule has 3 aliphatic carbocycles. The summed E-state index contributed by atoms with van der Waals surface area (Å²) in [4.78, 5) is 42.0. The Morgan fingerprint density at radius 1 is 1.02 bits per heavy atom. The van der Waals surface area contributed by atoms with Crippen molar-refractivity contribution < 1.29 is 42.9 Å². The minimum Gasteiger partial charge on any atom is -0.469 e. The van der Waals surface area contributed by atoms with Crippen molar-refractivity contribution in [1.29, 1.82) is 0 Å². The molecule has 8 aliphatic rings. The number of cyclic esters (lactones) is 2. The Hall–Kier alpha value is -2.31. The summed E-state index contributed by atoms with van der Waals surface area (Å²) < 4.78 is 32.1. The molecule has 6 heterocycles. The summed E-state index contributed by atoms with van der Waals surface area (Å²) in [6.07, 6.45) is 9.42. The number of esters is 2. The molecule has 3 spiro atoms. The van der Waals surface area contributed by atoms with Gasteiger partial charge in [0.05, 0.1) is 30.3 Å². The van der Waals surface area contributed by atoms with Gasteiger partial charge in [0.15, 0.2) is 11.9 Å². The van der Waals surface area contributed by atoms with Crippen molar-refractivity contribution in [2.75, 3.05) is 19.8 Å². The fourth-order valence-corrected chi connectivity index (χ4v) is 13.5. The number of Topliss-reactive ketones (excluding diaryl/α,β-unsaturated/α-hetero) is 1. The van der Waals surface area contributed by atoms with E-state index < -0.39 is 63.8 Å². The smallest absolute Gasteiger partial charge is 0.339 e. The van der Waals surface area contributed by atoms with Crippen LogP contribution in [0.2, 0.25) is 0 Å². The molecular formula is C41H58N2O9. The fourth-order valence-electron chi connectivity index (χ4n) is 13.5. The zero-order valence-corrected chi connectivity index (χ0v) is 31.4. The molecule has 9 rings (SSSR count). The van der Waals surface area contributed by atoms with Gasteiger partial charge in [-0.3, -0.25) is 9.59 Å². The maximum Gasteiger partial charge on any atom is 0.339 e. The Labute approximate surface area is 307 Å². The van der Waals surface area contributed by atoms with Crippen molar-refractivity contribution >= 4 is 17.7 Å². The molecule has 52 heavy (non-hydrogen) atoms. The Kier molecular flexibility index (Phi) is 8.41. The third-order valence-corrected chi connectivity index (χ3v) is 16.0. The molecule has 0 aromatic carbocycles. The van der Waals surface area contributed by atoms with E-state index in [0.29, 0.717) is 30.7 Å². The Morgan fingerprint density at radius 3 is 2.63 bits per heavy atom. The lowest BCUT2D eigenvalue weighted by Crippen LogP contribution is -2.76. The van der Waals surface area contributed by atoms with Gasteiger partial charge in [-0.05, 0) is 68.8 Å². The van der Waals surface area contributed by atoms with E-state index in [1.807, 2.05) is 13.0 Å². The molecule has 11 heteroatoms. The quantitative estimate of drug-likeness (QED) is 0.181. The second kappa shape index (κ2) is 12.4. The van der Waals surface area contributed by atoms with Crippen LogP contribution in [0.15, 0.2) is 16.7 Å². The summed E-state index contributed by atoms with van der Waals surface area (Å²) in [5, 5.41) is 19.4. The lowest BCUT2D eigenvalue weighted by molar-refractivity contribution is -0.252. The predicted molar refractivity (Wildman–Crippen MR) is 188 cm³/mol. The number of carbonyl (C=O) groups is 3. The van der Waals surface area contributed by atoms with Crippen molar-refractivity contribution in [2.45, 2.75) is 153 Å². The summed E-state index contributed by atoms with van der Waals surface area (Å²) in [7, 11) is 0. The van der Waals surface area contributed by atoms with Gasteiger partial charge in [0, 0.05) is 47.5 Å². The Morgan fingerprint density at radius 2 is 1.85 bits per heavy atom. The minimum atomic E-state index is -1.38. The van der Waals surface area contributed by atoms with Crippen molar-refractivity contribution in [3.63, 3.8) is 0 Å². The largest absolute Gasteiger partial charge is 0.469 e. The molecule has 1 aromatic heterocycles.